The van der Waals surface area contributed by atoms with Crippen LogP contribution in [-0.4, -0.2) is 22.7 Å². The molecule has 0 radical (unpaired) electrons. The molecule has 3 aromatic carbocycles. The van der Waals surface area contributed by atoms with Gasteiger partial charge in [0.05, 0.1) is 5.52 Å². The highest BCUT2D eigenvalue weighted by atomic mass is 19.4. The Labute approximate surface area is 206 Å². The molecular weight excluding hydrogens is 504 g/mol. The van der Waals surface area contributed by atoms with Crippen molar-refractivity contribution >= 4 is 28.4 Å². The van der Waals surface area contributed by atoms with Gasteiger partial charge in [0.2, 0.25) is 5.95 Å². The van der Waals surface area contributed by atoms with Gasteiger partial charge in [-0.05, 0) is 53.6 Å². The molecule has 0 unspecified atom stereocenters. The first-order valence-corrected chi connectivity index (χ1v) is 10.6. The van der Waals surface area contributed by atoms with Crippen molar-refractivity contribution in [3.63, 3.8) is 0 Å². The zero-order chi connectivity index (χ0) is 26.8. The normalized spacial score (nSPS) is 11.9. The van der Waals surface area contributed by atoms with E-state index in [4.69, 9.17) is 11.5 Å². The second-order valence-corrected chi connectivity index (χ2v) is 7.91. The summed E-state index contributed by atoms with van der Waals surface area (Å²) in [5, 5.41) is 0.527. The molecule has 0 amide bonds. The Bertz CT molecular complexity index is 1310. The minimum absolute atomic E-state index is 0.0111. The molecule has 0 aliphatic carbocycles. The lowest BCUT2D eigenvalue weighted by Crippen LogP contribution is -2.22. The van der Waals surface area contributed by atoms with Crippen LogP contribution in [0, 0.1) is 0 Å². The van der Waals surface area contributed by atoms with Crippen LogP contribution in [0.25, 0.3) is 10.9 Å². The topological polar surface area (TPSA) is 99.5 Å². The molecule has 0 aliphatic heterocycles. The van der Waals surface area contributed by atoms with Crippen molar-refractivity contribution < 1.29 is 35.8 Å². The van der Waals surface area contributed by atoms with Gasteiger partial charge in [-0.2, -0.15) is 4.98 Å². The molecule has 0 spiro atoms. The average molecular weight is 523 g/mol. The first-order chi connectivity index (χ1) is 17.3. The summed E-state index contributed by atoms with van der Waals surface area (Å²) >= 11 is 0. The van der Waals surface area contributed by atoms with Gasteiger partial charge in [0, 0.05) is 24.2 Å². The Kier molecular flexibility index (Phi) is 6.88. The van der Waals surface area contributed by atoms with Gasteiger partial charge < -0.3 is 25.8 Å². The number of hydrogen-bond acceptors (Lipinski definition) is 7. The number of aromatic nitrogens is 2. The van der Waals surface area contributed by atoms with Crippen molar-refractivity contribution in [2.75, 3.05) is 16.4 Å². The molecule has 7 nitrogen and oxygen atoms in total. The minimum atomic E-state index is -4.81. The highest BCUT2D eigenvalue weighted by Gasteiger charge is 2.31. The molecular formula is C24H19F6N5O2. The largest absolute Gasteiger partial charge is 0.573 e. The number of nitrogens with two attached hydrogens (primary N) is 2. The van der Waals surface area contributed by atoms with Crippen molar-refractivity contribution in [2.45, 2.75) is 25.8 Å². The third kappa shape index (κ3) is 7.06. The summed E-state index contributed by atoms with van der Waals surface area (Å²) in [6, 6.07) is 15.9. The van der Waals surface area contributed by atoms with E-state index in [1.807, 2.05) is 4.90 Å². The lowest BCUT2D eigenvalue weighted by atomic mass is 10.1. The van der Waals surface area contributed by atoms with E-state index in [1.54, 1.807) is 18.2 Å². The molecule has 0 atom stereocenters. The van der Waals surface area contributed by atoms with E-state index in [-0.39, 0.29) is 36.4 Å². The summed E-state index contributed by atoms with van der Waals surface area (Å²) in [6.07, 6.45) is -9.63. The molecule has 4 aromatic rings. The van der Waals surface area contributed by atoms with Crippen molar-refractivity contribution in [2.24, 2.45) is 0 Å². The highest BCUT2D eigenvalue weighted by Crippen LogP contribution is 2.29. The molecule has 4 N–H and O–H groups in total. The number of alkyl halides is 6. The molecule has 4 rings (SSSR count). The molecule has 1 heterocycles. The van der Waals surface area contributed by atoms with E-state index in [0.717, 1.165) is 0 Å². The van der Waals surface area contributed by atoms with E-state index in [9.17, 15) is 26.3 Å². The number of ether oxygens (including phenoxy) is 2. The molecule has 37 heavy (non-hydrogen) atoms. The maximum Gasteiger partial charge on any atom is 0.573 e. The van der Waals surface area contributed by atoms with Crippen molar-refractivity contribution in [3.05, 3.63) is 77.9 Å². The van der Waals surface area contributed by atoms with E-state index in [2.05, 4.69) is 19.4 Å². The molecule has 0 aliphatic rings. The van der Waals surface area contributed by atoms with Gasteiger partial charge >= 0.3 is 12.7 Å². The third-order valence-corrected chi connectivity index (χ3v) is 5.15. The van der Waals surface area contributed by atoms with Crippen molar-refractivity contribution in [3.8, 4) is 11.5 Å². The molecule has 194 valence electrons. The Hall–Kier alpha value is -4.42. The average Bonchev–Trinajstić information content (AvgIpc) is 2.79. The zero-order valence-corrected chi connectivity index (χ0v) is 18.8. The van der Waals surface area contributed by atoms with E-state index >= 15 is 0 Å². The monoisotopic (exact) mass is 523 g/mol. The quantitative estimate of drug-likeness (QED) is 0.296. The lowest BCUT2D eigenvalue weighted by molar-refractivity contribution is -0.275. The van der Waals surface area contributed by atoms with Gasteiger partial charge in [0.1, 0.15) is 17.3 Å². The van der Waals surface area contributed by atoms with Crippen LogP contribution < -0.4 is 25.8 Å². The summed E-state index contributed by atoms with van der Waals surface area (Å²) in [5.41, 5.74) is 14.1. The maximum atomic E-state index is 12.5. The first-order valence-electron chi connectivity index (χ1n) is 10.6. The second kappa shape index (κ2) is 9.91. The summed E-state index contributed by atoms with van der Waals surface area (Å²) in [5.74, 6) is -0.559. The van der Waals surface area contributed by atoms with Crippen molar-refractivity contribution in [1.82, 2.24) is 9.97 Å². The Balaban J connectivity index is 1.64. The van der Waals surface area contributed by atoms with Crippen LogP contribution in [0.4, 0.5) is 43.8 Å². The highest BCUT2D eigenvalue weighted by molar-refractivity contribution is 5.91. The first kappa shape index (κ1) is 25.7. The summed E-state index contributed by atoms with van der Waals surface area (Å²) in [4.78, 5) is 9.96. The smallest absolute Gasteiger partial charge is 0.406 e. The Morgan fingerprint density at radius 2 is 1.16 bits per heavy atom. The summed E-state index contributed by atoms with van der Waals surface area (Å²) in [7, 11) is 0. The standard InChI is InChI=1S/C24H19F6N5O2/c25-23(26,27)36-17-6-1-14(2-7-17)12-35(13-15-3-8-18(9-4-15)37-24(28,29)30)16-5-10-20-19(11-16)21(31)34-22(32)33-20/h1-11H,12-13H2,(H4,31,32,33,34). The number of halogens is 6. The number of anilines is 3. The van der Waals surface area contributed by atoms with Gasteiger partial charge in [0.25, 0.3) is 0 Å². The van der Waals surface area contributed by atoms with Crippen LogP contribution >= 0.6 is 0 Å². The van der Waals surface area contributed by atoms with Gasteiger partial charge in [0.15, 0.2) is 0 Å². The number of nitrogens with zero attached hydrogens (tertiary/aromatic N) is 3. The Morgan fingerprint density at radius 3 is 1.62 bits per heavy atom. The fraction of sp³-hybridized carbons (Fsp3) is 0.167. The van der Waals surface area contributed by atoms with Crippen LogP contribution in [0.2, 0.25) is 0 Å². The van der Waals surface area contributed by atoms with Crippen LogP contribution in [0.3, 0.4) is 0 Å². The zero-order valence-electron chi connectivity index (χ0n) is 18.8. The molecule has 0 saturated carbocycles. The predicted octanol–water partition coefficient (Wildman–Crippen LogP) is 5.80. The van der Waals surface area contributed by atoms with E-state index < -0.39 is 12.7 Å². The number of rotatable bonds is 7. The van der Waals surface area contributed by atoms with Gasteiger partial charge in [-0.25, -0.2) is 4.98 Å². The molecule has 1 aromatic heterocycles. The molecule has 0 bridgehead atoms. The minimum Gasteiger partial charge on any atom is -0.406 e. The van der Waals surface area contributed by atoms with E-state index in [1.165, 1.54) is 48.5 Å². The number of hydrogen-bond donors (Lipinski definition) is 2. The molecule has 13 heteroatoms. The number of fused-ring (bicyclic) bond motifs is 1. The maximum absolute atomic E-state index is 12.5. The fourth-order valence-electron chi connectivity index (χ4n) is 3.63. The SMILES string of the molecule is Nc1nc(N)c2cc(N(Cc3ccc(OC(F)(F)F)cc3)Cc3ccc(OC(F)(F)F)cc3)ccc2n1. The van der Waals surface area contributed by atoms with E-state index in [0.29, 0.717) is 27.7 Å². The second-order valence-electron chi connectivity index (χ2n) is 7.91. The lowest BCUT2D eigenvalue weighted by Gasteiger charge is -2.26. The Morgan fingerprint density at radius 1 is 0.676 bits per heavy atom. The van der Waals surface area contributed by atoms with Crippen LogP contribution in [0.5, 0.6) is 11.5 Å². The number of benzene rings is 3. The third-order valence-electron chi connectivity index (χ3n) is 5.15. The molecule has 0 fully saturated rings. The van der Waals surface area contributed by atoms with Crippen LogP contribution in [0.15, 0.2) is 66.7 Å². The van der Waals surface area contributed by atoms with Gasteiger partial charge in [-0.3, -0.25) is 0 Å². The fourth-order valence-corrected chi connectivity index (χ4v) is 3.63. The van der Waals surface area contributed by atoms with Gasteiger partial charge in [-0.15, -0.1) is 26.3 Å². The summed E-state index contributed by atoms with van der Waals surface area (Å²) in [6.45, 7) is 0.461. The molecule has 0 saturated heterocycles. The van der Waals surface area contributed by atoms with Crippen molar-refractivity contribution in [1.29, 1.82) is 0 Å². The predicted molar refractivity (Wildman–Crippen MR) is 124 cm³/mol. The summed E-state index contributed by atoms with van der Waals surface area (Å²) < 4.78 is 82.8. The number of nitrogen functional groups attached to an aromatic ring is 2. The van der Waals surface area contributed by atoms with Crippen LogP contribution in [0.1, 0.15) is 11.1 Å². The van der Waals surface area contributed by atoms with Gasteiger partial charge in [-0.1, -0.05) is 24.3 Å². The van der Waals surface area contributed by atoms with Crippen LogP contribution in [-0.2, 0) is 13.1 Å².